The van der Waals surface area contributed by atoms with Crippen LogP contribution in [0.5, 0.6) is 0 Å². The van der Waals surface area contributed by atoms with Gasteiger partial charge in [-0.3, -0.25) is 4.79 Å². The van der Waals surface area contributed by atoms with E-state index in [-0.39, 0.29) is 5.92 Å². The fraction of sp³-hybridized carbons (Fsp3) is 0.688. The average molecular weight is 277 g/mol. The van der Waals surface area contributed by atoms with Crippen molar-refractivity contribution in [1.29, 1.82) is 0 Å². The zero-order valence-electron chi connectivity index (χ0n) is 12.0. The molecule has 0 radical (unpaired) electrons. The van der Waals surface area contributed by atoms with E-state index in [0.29, 0.717) is 12.0 Å². The Morgan fingerprint density at radius 3 is 2.65 bits per heavy atom. The van der Waals surface area contributed by atoms with E-state index in [9.17, 15) is 4.79 Å². The number of carboxylic acids is 1. The molecule has 4 heteroatoms. The van der Waals surface area contributed by atoms with Crippen LogP contribution in [0.15, 0.2) is 16.5 Å². The molecule has 2 N–H and O–H groups in total. The highest BCUT2D eigenvalue weighted by Gasteiger charge is 2.36. The van der Waals surface area contributed by atoms with Crippen molar-refractivity contribution in [2.75, 3.05) is 0 Å². The highest BCUT2D eigenvalue weighted by molar-refractivity contribution is 5.70. The number of rotatable bonds is 5. The number of carbonyl (C=O) groups is 1. The van der Waals surface area contributed by atoms with Gasteiger partial charge in [0.05, 0.1) is 12.5 Å². The number of carboxylic acid groups (broad SMARTS) is 1. The first-order valence-corrected chi connectivity index (χ1v) is 7.68. The Morgan fingerprint density at radius 1 is 1.35 bits per heavy atom. The number of hydrogen-bond donors (Lipinski definition) is 2. The Kier molecular flexibility index (Phi) is 3.83. The minimum atomic E-state index is -0.641. The molecule has 20 heavy (non-hydrogen) atoms. The number of furan rings is 1. The van der Waals surface area contributed by atoms with Crippen molar-refractivity contribution in [3.05, 3.63) is 23.7 Å². The second kappa shape index (κ2) is 5.60. The topological polar surface area (TPSA) is 62.5 Å². The predicted molar refractivity (Wildman–Crippen MR) is 75.5 cm³/mol. The zero-order chi connectivity index (χ0) is 14.1. The van der Waals surface area contributed by atoms with E-state index in [1.807, 2.05) is 0 Å². The van der Waals surface area contributed by atoms with Crippen LogP contribution in [0.3, 0.4) is 0 Å². The van der Waals surface area contributed by atoms with Crippen LogP contribution in [0.1, 0.15) is 56.5 Å². The Balaban J connectivity index is 1.43. The summed E-state index contributed by atoms with van der Waals surface area (Å²) in [5, 5.41) is 12.5. The normalized spacial score (nSPS) is 33.0. The third-order valence-electron chi connectivity index (χ3n) is 4.80. The lowest BCUT2D eigenvalue weighted by Crippen LogP contribution is -2.34. The third kappa shape index (κ3) is 3.06. The van der Waals surface area contributed by atoms with Gasteiger partial charge in [-0.05, 0) is 50.2 Å². The summed E-state index contributed by atoms with van der Waals surface area (Å²) in [6.07, 6.45) is 4.72. The minimum Gasteiger partial charge on any atom is -0.481 e. The summed E-state index contributed by atoms with van der Waals surface area (Å²) in [6, 6.07) is 4.60. The van der Waals surface area contributed by atoms with Gasteiger partial charge in [0, 0.05) is 12.0 Å². The summed E-state index contributed by atoms with van der Waals surface area (Å²) in [5.41, 5.74) is 0. The lowest BCUT2D eigenvalue weighted by molar-refractivity contribution is -0.142. The first-order chi connectivity index (χ1) is 9.63. The van der Waals surface area contributed by atoms with Crippen LogP contribution in [0, 0.1) is 11.8 Å². The van der Waals surface area contributed by atoms with Crippen LogP contribution >= 0.6 is 0 Å². The third-order valence-corrected chi connectivity index (χ3v) is 4.80. The number of aliphatic carboxylic acids is 1. The fourth-order valence-electron chi connectivity index (χ4n) is 3.20. The van der Waals surface area contributed by atoms with E-state index in [1.54, 1.807) is 0 Å². The Morgan fingerprint density at radius 2 is 2.05 bits per heavy atom. The quantitative estimate of drug-likeness (QED) is 0.868. The van der Waals surface area contributed by atoms with Gasteiger partial charge >= 0.3 is 5.97 Å². The second-order valence-corrected chi connectivity index (χ2v) is 6.39. The molecule has 0 aromatic carbocycles. The molecule has 0 aliphatic heterocycles. The Bertz CT molecular complexity index is 474. The molecule has 4 nitrogen and oxygen atoms in total. The molecule has 1 aromatic rings. The van der Waals surface area contributed by atoms with Crippen molar-refractivity contribution in [1.82, 2.24) is 5.32 Å². The maximum Gasteiger partial charge on any atom is 0.306 e. The van der Waals surface area contributed by atoms with Gasteiger partial charge in [-0.2, -0.15) is 0 Å². The van der Waals surface area contributed by atoms with Gasteiger partial charge < -0.3 is 14.8 Å². The molecule has 0 amide bonds. The van der Waals surface area contributed by atoms with Crippen molar-refractivity contribution in [2.24, 2.45) is 11.8 Å². The number of hydrogen-bond acceptors (Lipinski definition) is 3. The highest BCUT2D eigenvalue weighted by Crippen LogP contribution is 2.47. The van der Waals surface area contributed by atoms with Gasteiger partial charge in [-0.25, -0.2) is 0 Å². The van der Waals surface area contributed by atoms with Gasteiger partial charge in [0.2, 0.25) is 0 Å². The van der Waals surface area contributed by atoms with E-state index in [2.05, 4.69) is 24.4 Å². The predicted octanol–water partition coefficient (Wildman–Crippen LogP) is 3.14. The largest absolute Gasteiger partial charge is 0.481 e. The van der Waals surface area contributed by atoms with Crippen molar-refractivity contribution in [3.63, 3.8) is 0 Å². The maximum absolute atomic E-state index is 10.9. The van der Waals surface area contributed by atoms with Gasteiger partial charge in [-0.1, -0.05) is 6.92 Å². The van der Waals surface area contributed by atoms with E-state index in [0.717, 1.165) is 49.7 Å². The lowest BCUT2D eigenvalue weighted by atomic mass is 9.86. The molecule has 110 valence electrons. The summed E-state index contributed by atoms with van der Waals surface area (Å²) in [6.45, 7) is 3.01. The van der Waals surface area contributed by atoms with Crippen LogP contribution in [-0.2, 0) is 11.3 Å². The van der Waals surface area contributed by atoms with E-state index < -0.39 is 5.97 Å². The van der Waals surface area contributed by atoms with E-state index >= 15 is 0 Å². The molecule has 2 saturated carbocycles. The molecule has 0 spiro atoms. The summed E-state index contributed by atoms with van der Waals surface area (Å²) >= 11 is 0. The van der Waals surface area contributed by atoms with Gasteiger partial charge in [0.15, 0.2) is 0 Å². The van der Waals surface area contributed by atoms with Gasteiger partial charge in [0.25, 0.3) is 0 Å². The summed E-state index contributed by atoms with van der Waals surface area (Å²) in [7, 11) is 0. The standard InChI is InChI=1S/C16H23NO3/c1-10-8-14(10)15-7-6-13(20-15)9-17-12-4-2-11(3-5-12)16(18)19/h6-7,10-12,14,17H,2-5,8-9H2,1H3,(H,18,19). The summed E-state index contributed by atoms with van der Waals surface area (Å²) in [4.78, 5) is 10.9. The zero-order valence-corrected chi connectivity index (χ0v) is 12.0. The molecule has 0 bridgehead atoms. The molecule has 0 saturated heterocycles. The SMILES string of the molecule is CC1CC1c1ccc(CNC2CCC(C(=O)O)CC2)o1. The highest BCUT2D eigenvalue weighted by atomic mass is 16.4. The van der Waals surface area contributed by atoms with Gasteiger partial charge in [0.1, 0.15) is 11.5 Å². The smallest absolute Gasteiger partial charge is 0.306 e. The Hall–Kier alpha value is -1.29. The van der Waals surface area contributed by atoms with Crippen LogP contribution in [0.2, 0.25) is 0 Å². The monoisotopic (exact) mass is 277 g/mol. The molecule has 2 unspecified atom stereocenters. The summed E-state index contributed by atoms with van der Waals surface area (Å²) < 4.78 is 5.87. The van der Waals surface area contributed by atoms with E-state index in [1.165, 1.54) is 6.42 Å². The van der Waals surface area contributed by atoms with Crippen LogP contribution in [0.25, 0.3) is 0 Å². The molecule has 3 rings (SSSR count). The fourth-order valence-corrected chi connectivity index (χ4v) is 3.20. The first kappa shape index (κ1) is 13.7. The molecular weight excluding hydrogens is 254 g/mol. The lowest BCUT2D eigenvalue weighted by Gasteiger charge is -2.26. The minimum absolute atomic E-state index is 0.139. The van der Waals surface area contributed by atoms with Crippen molar-refractivity contribution < 1.29 is 14.3 Å². The Labute approximate surface area is 119 Å². The second-order valence-electron chi connectivity index (χ2n) is 6.39. The molecule has 2 atom stereocenters. The maximum atomic E-state index is 10.9. The summed E-state index contributed by atoms with van der Waals surface area (Å²) in [5.74, 6) is 2.75. The van der Waals surface area contributed by atoms with Crippen LogP contribution in [0.4, 0.5) is 0 Å². The first-order valence-electron chi connectivity index (χ1n) is 7.68. The van der Waals surface area contributed by atoms with Gasteiger partial charge in [-0.15, -0.1) is 0 Å². The van der Waals surface area contributed by atoms with E-state index in [4.69, 9.17) is 9.52 Å². The molecular formula is C16H23NO3. The molecule has 1 heterocycles. The van der Waals surface area contributed by atoms with Crippen molar-refractivity contribution in [2.45, 2.75) is 57.5 Å². The molecule has 2 aliphatic rings. The average Bonchev–Trinajstić information content (AvgIpc) is 3.00. The molecule has 1 aromatic heterocycles. The molecule has 2 aliphatic carbocycles. The van der Waals surface area contributed by atoms with Crippen LogP contribution < -0.4 is 5.32 Å². The van der Waals surface area contributed by atoms with Crippen LogP contribution in [-0.4, -0.2) is 17.1 Å². The molecule has 2 fully saturated rings. The number of nitrogens with one attached hydrogen (secondary N) is 1. The van der Waals surface area contributed by atoms with Crippen molar-refractivity contribution in [3.8, 4) is 0 Å². The van der Waals surface area contributed by atoms with Crippen molar-refractivity contribution >= 4 is 5.97 Å².